The van der Waals surface area contributed by atoms with Gasteiger partial charge in [-0.2, -0.15) is 0 Å². The molecule has 2 atom stereocenters. The molecule has 0 spiro atoms. The molecule has 1 aliphatic carbocycles. The minimum Gasteiger partial charge on any atom is -0.330 e. The highest BCUT2D eigenvalue weighted by Gasteiger charge is 2.32. The number of halogens is 2. The molecule has 0 saturated heterocycles. The van der Waals surface area contributed by atoms with Gasteiger partial charge in [0.2, 0.25) is 10.0 Å². The van der Waals surface area contributed by atoms with Crippen LogP contribution in [-0.2, 0) is 10.0 Å². The zero-order chi connectivity index (χ0) is 14.0. The molecule has 0 bridgehead atoms. The second-order valence-electron chi connectivity index (χ2n) is 4.71. The molecule has 0 aliphatic heterocycles. The molecule has 0 heterocycles. The Labute approximate surface area is 117 Å². The Morgan fingerprint density at radius 2 is 2.16 bits per heavy atom. The van der Waals surface area contributed by atoms with Gasteiger partial charge in [0, 0.05) is 6.04 Å². The van der Waals surface area contributed by atoms with Crippen molar-refractivity contribution in [1.29, 1.82) is 0 Å². The van der Waals surface area contributed by atoms with Crippen molar-refractivity contribution in [2.75, 3.05) is 6.54 Å². The van der Waals surface area contributed by atoms with Crippen molar-refractivity contribution in [3.05, 3.63) is 29.0 Å². The van der Waals surface area contributed by atoms with Gasteiger partial charge in [0.1, 0.15) is 10.7 Å². The quantitative estimate of drug-likeness (QED) is 0.892. The number of rotatable bonds is 4. The Hall–Kier alpha value is -0.690. The van der Waals surface area contributed by atoms with Crippen molar-refractivity contribution in [3.8, 4) is 0 Å². The molecule has 19 heavy (non-hydrogen) atoms. The lowest BCUT2D eigenvalue weighted by Crippen LogP contribution is -2.40. The normalized spacial score (nSPS) is 23.7. The predicted octanol–water partition coefficient (Wildman–Crippen LogP) is 1.88. The lowest BCUT2D eigenvalue weighted by Gasteiger charge is -2.20. The van der Waals surface area contributed by atoms with Crippen LogP contribution in [0.2, 0.25) is 5.02 Å². The van der Waals surface area contributed by atoms with Crippen LogP contribution in [0.25, 0.3) is 0 Å². The second kappa shape index (κ2) is 5.75. The van der Waals surface area contributed by atoms with Crippen LogP contribution in [0.3, 0.4) is 0 Å². The maximum absolute atomic E-state index is 13.7. The first-order valence-corrected chi connectivity index (χ1v) is 7.98. The van der Waals surface area contributed by atoms with E-state index in [1.54, 1.807) is 0 Å². The molecule has 2 unspecified atom stereocenters. The minimum atomic E-state index is -3.96. The number of nitrogens with two attached hydrogens (primary N) is 1. The van der Waals surface area contributed by atoms with Crippen LogP contribution in [0.4, 0.5) is 4.39 Å². The van der Waals surface area contributed by atoms with E-state index in [0.717, 1.165) is 18.9 Å². The molecule has 1 fully saturated rings. The first kappa shape index (κ1) is 14.7. The topological polar surface area (TPSA) is 72.2 Å². The van der Waals surface area contributed by atoms with Crippen molar-refractivity contribution in [3.63, 3.8) is 0 Å². The van der Waals surface area contributed by atoms with Gasteiger partial charge in [-0.05, 0) is 37.4 Å². The number of sulfonamides is 1. The first-order chi connectivity index (χ1) is 8.95. The van der Waals surface area contributed by atoms with Gasteiger partial charge in [-0.1, -0.05) is 24.1 Å². The highest BCUT2D eigenvalue weighted by atomic mass is 35.5. The molecule has 1 saturated carbocycles. The molecule has 1 aromatic carbocycles. The molecular formula is C12H16ClFN2O2S. The molecule has 0 amide bonds. The molecule has 0 aromatic heterocycles. The SMILES string of the molecule is NCC1CCCC1NS(=O)(=O)c1c(F)cccc1Cl. The average Bonchev–Trinajstić information content (AvgIpc) is 2.74. The molecule has 2 rings (SSSR count). The summed E-state index contributed by atoms with van der Waals surface area (Å²) in [6, 6.07) is 3.56. The van der Waals surface area contributed by atoms with Crippen LogP contribution in [0.1, 0.15) is 19.3 Å². The number of hydrogen-bond donors (Lipinski definition) is 2. The van der Waals surface area contributed by atoms with Gasteiger partial charge < -0.3 is 5.73 Å². The Morgan fingerprint density at radius 1 is 1.42 bits per heavy atom. The molecular weight excluding hydrogens is 291 g/mol. The van der Waals surface area contributed by atoms with Gasteiger partial charge >= 0.3 is 0 Å². The van der Waals surface area contributed by atoms with Crippen molar-refractivity contribution in [2.24, 2.45) is 11.7 Å². The summed E-state index contributed by atoms with van der Waals surface area (Å²) in [5, 5.41) is -0.116. The maximum Gasteiger partial charge on any atom is 0.245 e. The highest BCUT2D eigenvalue weighted by molar-refractivity contribution is 7.89. The van der Waals surface area contributed by atoms with Gasteiger partial charge in [-0.3, -0.25) is 0 Å². The summed E-state index contributed by atoms with van der Waals surface area (Å²) in [7, 11) is -3.96. The van der Waals surface area contributed by atoms with E-state index < -0.39 is 20.7 Å². The summed E-state index contributed by atoms with van der Waals surface area (Å²) in [5.41, 5.74) is 5.61. The van der Waals surface area contributed by atoms with Crippen molar-refractivity contribution in [1.82, 2.24) is 4.72 Å². The Morgan fingerprint density at radius 3 is 2.79 bits per heavy atom. The fourth-order valence-corrected chi connectivity index (χ4v) is 4.42. The smallest absolute Gasteiger partial charge is 0.245 e. The van der Waals surface area contributed by atoms with E-state index in [9.17, 15) is 12.8 Å². The Kier molecular flexibility index (Phi) is 4.45. The van der Waals surface area contributed by atoms with E-state index in [1.807, 2.05) is 0 Å². The minimum absolute atomic E-state index is 0.0975. The standard InChI is InChI=1S/C12H16ClFN2O2S/c13-9-4-2-5-10(14)12(9)19(17,18)16-11-6-1-3-8(11)7-15/h2,4-5,8,11,16H,1,3,6-7,15H2. The van der Waals surface area contributed by atoms with Gasteiger partial charge in [-0.25, -0.2) is 17.5 Å². The molecule has 4 nitrogen and oxygen atoms in total. The maximum atomic E-state index is 13.7. The third kappa shape index (κ3) is 3.08. The van der Waals surface area contributed by atoms with Crippen molar-refractivity contribution in [2.45, 2.75) is 30.2 Å². The first-order valence-electron chi connectivity index (χ1n) is 6.12. The van der Waals surface area contributed by atoms with Crippen LogP contribution in [0.15, 0.2) is 23.1 Å². The van der Waals surface area contributed by atoms with Crippen molar-refractivity contribution >= 4 is 21.6 Å². The molecule has 1 aliphatic rings. The number of benzene rings is 1. The van der Waals surface area contributed by atoms with E-state index >= 15 is 0 Å². The summed E-state index contributed by atoms with van der Waals surface area (Å²) in [6.45, 7) is 0.415. The molecule has 7 heteroatoms. The monoisotopic (exact) mass is 306 g/mol. The van der Waals surface area contributed by atoms with Gasteiger partial charge in [0.25, 0.3) is 0 Å². The van der Waals surface area contributed by atoms with Gasteiger partial charge in [0.15, 0.2) is 0 Å². The van der Waals surface area contributed by atoms with Crippen LogP contribution < -0.4 is 10.5 Å². The van der Waals surface area contributed by atoms with Gasteiger partial charge in [0.05, 0.1) is 5.02 Å². The van der Waals surface area contributed by atoms with Crippen LogP contribution >= 0.6 is 11.6 Å². The predicted molar refractivity (Wildman–Crippen MR) is 71.9 cm³/mol. The van der Waals surface area contributed by atoms with E-state index in [-0.39, 0.29) is 17.0 Å². The molecule has 3 N–H and O–H groups in total. The molecule has 1 aromatic rings. The van der Waals surface area contributed by atoms with Crippen LogP contribution in [0, 0.1) is 11.7 Å². The van der Waals surface area contributed by atoms with E-state index in [2.05, 4.69) is 4.72 Å². The summed E-state index contributed by atoms with van der Waals surface area (Å²) in [5.74, 6) is -0.748. The highest BCUT2D eigenvalue weighted by Crippen LogP contribution is 2.29. The van der Waals surface area contributed by atoms with Crippen molar-refractivity contribution < 1.29 is 12.8 Å². The summed E-state index contributed by atoms with van der Waals surface area (Å²) < 4.78 is 40.6. The Balaban J connectivity index is 2.28. The number of nitrogens with one attached hydrogen (secondary N) is 1. The lowest BCUT2D eigenvalue weighted by molar-refractivity contribution is 0.451. The van der Waals surface area contributed by atoms with Gasteiger partial charge in [-0.15, -0.1) is 0 Å². The van der Waals surface area contributed by atoms with E-state index in [0.29, 0.717) is 13.0 Å². The molecule has 0 radical (unpaired) electrons. The summed E-state index contributed by atoms with van der Waals surface area (Å²) in [6.07, 6.45) is 2.52. The fraction of sp³-hybridized carbons (Fsp3) is 0.500. The lowest BCUT2D eigenvalue weighted by atomic mass is 10.1. The van der Waals surface area contributed by atoms with Crippen LogP contribution in [0.5, 0.6) is 0 Å². The van der Waals surface area contributed by atoms with E-state index in [4.69, 9.17) is 17.3 Å². The van der Waals surface area contributed by atoms with Crippen LogP contribution in [-0.4, -0.2) is 21.0 Å². The zero-order valence-corrected chi connectivity index (χ0v) is 11.8. The average molecular weight is 307 g/mol. The third-order valence-electron chi connectivity index (χ3n) is 3.46. The second-order valence-corrected chi connectivity index (χ2v) is 6.76. The summed E-state index contributed by atoms with van der Waals surface area (Å²) >= 11 is 5.79. The summed E-state index contributed by atoms with van der Waals surface area (Å²) in [4.78, 5) is -0.487. The number of hydrogen-bond acceptors (Lipinski definition) is 3. The fourth-order valence-electron chi connectivity index (χ4n) is 2.47. The largest absolute Gasteiger partial charge is 0.330 e. The van der Waals surface area contributed by atoms with E-state index in [1.165, 1.54) is 12.1 Å². The molecule has 106 valence electrons. The Bertz CT molecular complexity index is 545. The third-order valence-corrected chi connectivity index (χ3v) is 5.45. The zero-order valence-electron chi connectivity index (χ0n) is 10.3.